The van der Waals surface area contributed by atoms with Gasteiger partial charge in [-0.05, 0) is 63.2 Å². The van der Waals surface area contributed by atoms with Crippen molar-refractivity contribution in [1.29, 1.82) is 0 Å². The van der Waals surface area contributed by atoms with Gasteiger partial charge in [0.2, 0.25) is 0 Å². The van der Waals surface area contributed by atoms with Gasteiger partial charge >= 0.3 is 0 Å². The summed E-state index contributed by atoms with van der Waals surface area (Å²) >= 11 is 0. The van der Waals surface area contributed by atoms with E-state index in [1.807, 2.05) is 0 Å². The Morgan fingerprint density at radius 3 is 2.63 bits per heavy atom. The van der Waals surface area contributed by atoms with E-state index in [-0.39, 0.29) is 0 Å². The second-order valence-corrected chi connectivity index (χ2v) is 7.42. The molecule has 4 atom stereocenters. The lowest BCUT2D eigenvalue weighted by molar-refractivity contribution is -0.0480. The monoisotopic (exact) mass is 265 g/mol. The molecule has 0 aromatic rings. The first-order valence-electron chi connectivity index (χ1n) is 8.64. The summed E-state index contributed by atoms with van der Waals surface area (Å²) in [6, 6.07) is 0.437. The molecule has 0 radical (unpaired) electrons. The Morgan fingerprint density at radius 2 is 1.89 bits per heavy atom. The highest BCUT2D eigenvalue weighted by Crippen LogP contribution is 2.45. The van der Waals surface area contributed by atoms with Crippen molar-refractivity contribution in [2.24, 2.45) is 17.6 Å². The average Bonchev–Trinajstić information content (AvgIpc) is 3.03. The topological polar surface area (TPSA) is 35.2 Å². The van der Waals surface area contributed by atoms with Gasteiger partial charge in [-0.25, -0.2) is 0 Å². The van der Waals surface area contributed by atoms with Crippen molar-refractivity contribution in [3.63, 3.8) is 0 Å². The molecule has 110 valence electrons. The quantitative estimate of drug-likeness (QED) is 0.836. The third-order valence-corrected chi connectivity index (χ3v) is 6.15. The smallest absolute Gasteiger partial charge is 0.0687 e. The molecule has 3 aliphatic rings. The van der Waals surface area contributed by atoms with Gasteiger partial charge < -0.3 is 10.5 Å². The highest BCUT2D eigenvalue weighted by Gasteiger charge is 2.43. The van der Waals surface area contributed by atoms with Gasteiger partial charge in [-0.2, -0.15) is 0 Å². The van der Waals surface area contributed by atoms with E-state index in [1.54, 1.807) is 0 Å². The van der Waals surface area contributed by atoms with E-state index < -0.39 is 0 Å². The standard InChI is InChI=1S/C17H31NO/c1-2-13-5-6-16(18)14(11-13)12-15-7-10-17(19-15)8-3-4-9-17/h13-16H,2-12,18H2,1H3. The molecule has 2 N–H and O–H groups in total. The van der Waals surface area contributed by atoms with Crippen molar-refractivity contribution in [1.82, 2.24) is 0 Å². The molecule has 2 aliphatic carbocycles. The first kappa shape index (κ1) is 13.9. The number of hydrogen-bond donors (Lipinski definition) is 1. The molecular formula is C17H31NO. The minimum Gasteiger partial charge on any atom is -0.372 e. The van der Waals surface area contributed by atoms with Crippen LogP contribution in [0, 0.1) is 11.8 Å². The molecule has 1 saturated heterocycles. The van der Waals surface area contributed by atoms with Gasteiger partial charge in [0.05, 0.1) is 11.7 Å². The molecule has 2 nitrogen and oxygen atoms in total. The predicted octanol–water partition coefficient (Wildman–Crippen LogP) is 4.02. The van der Waals surface area contributed by atoms with Crippen LogP contribution in [0.15, 0.2) is 0 Å². The van der Waals surface area contributed by atoms with Crippen molar-refractivity contribution >= 4 is 0 Å². The van der Waals surface area contributed by atoms with Gasteiger partial charge in [0.15, 0.2) is 0 Å². The summed E-state index contributed by atoms with van der Waals surface area (Å²) in [6.45, 7) is 2.33. The van der Waals surface area contributed by atoms with E-state index in [2.05, 4.69) is 6.92 Å². The van der Waals surface area contributed by atoms with Crippen LogP contribution in [0.4, 0.5) is 0 Å². The molecule has 2 saturated carbocycles. The first-order valence-corrected chi connectivity index (χ1v) is 8.64. The predicted molar refractivity (Wildman–Crippen MR) is 79.0 cm³/mol. The fraction of sp³-hybridized carbons (Fsp3) is 1.00. The molecule has 19 heavy (non-hydrogen) atoms. The van der Waals surface area contributed by atoms with Crippen LogP contribution in [0.3, 0.4) is 0 Å². The summed E-state index contributed by atoms with van der Waals surface area (Å²) in [5.74, 6) is 1.65. The maximum absolute atomic E-state index is 6.47. The molecule has 1 spiro atoms. The zero-order chi connectivity index (χ0) is 13.3. The highest BCUT2D eigenvalue weighted by molar-refractivity contribution is 4.94. The zero-order valence-corrected chi connectivity index (χ0v) is 12.6. The molecule has 0 aromatic heterocycles. The fourth-order valence-corrected chi connectivity index (χ4v) is 4.81. The summed E-state index contributed by atoms with van der Waals surface area (Å²) in [7, 11) is 0. The normalized spacial score (nSPS) is 42.0. The van der Waals surface area contributed by atoms with Crippen molar-refractivity contribution in [2.45, 2.75) is 95.3 Å². The van der Waals surface area contributed by atoms with Crippen molar-refractivity contribution in [3.8, 4) is 0 Å². The fourth-order valence-electron chi connectivity index (χ4n) is 4.81. The Hall–Kier alpha value is -0.0800. The minimum absolute atomic E-state index is 0.299. The highest BCUT2D eigenvalue weighted by atomic mass is 16.5. The Bertz CT molecular complexity index is 298. The SMILES string of the molecule is CCC1CCC(N)C(CC2CCC3(CCCC3)O2)C1. The summed E-state index contributed by atoms with van der Waals surface area (Å²) in [5, 5.41) is 0. The van der Waals surface area contributed by atoms with Crippen LogP contribution in [0.2, 0.25) is 0 Å². The number of rotatable bonds is 3. The first-order chi connectivity index (χ1) is 9.21. The maximum atomic E-state index is 6.47. The van der Waals surface area contributed by atoms with Crippen LogP contribution in [-0.4, -0.2) is 17.7 Å². The minimum atomic E-state index is 0.299. The summed E-state index contributed by atoms with van der Waals surface area (Å²) in [6.07, 6.45) is 15.0. The van der Waals surface area contributed by atoms with Crippen molar-refractivity contribution in [3.05, 3.63) is 0 Å². The van der Waals surface area contributed by atoms with Crippen LogP contribution in [-0.2, 0) is 4.74 Å². The third-order valence-electron chi connectivity index (χ3n) is 6.15. The Labute approximate surface area is 118 Å². The Kier molecular flexibility index (Phi) is 4.19. The average molecular weight is 265 g/mol. The van der Waals surface area contributed by atoms with Gasteiger partial charge in [0.25, 0.3) is 0 Å². The van der Waals surface area contributed by atoms with E-state index >= 15 is 0 Å². The molecule has 3 fully saturated rings. The molecule has 1 heterocycles. The lowest BCUT2D eigenvalue weighted by atomic mass is 9.75. The van der Waals surface area contributed by atoms with Gasteiger partial charge in [-0.1, -0.05) is 26.2 Å². The van der Waals surface area contributed by atoms with E-state index in [9.17, 15) is 0 Å². The molecule has 0 bridgehead atoms. The molecule has 2 heteroatoms. The lowest BCUT2D eigenvalue weighted by Gasteiger charge is -2.35. The second kappa shape index (κ2) is 5.73. The van der Waals surface area contributed by atoms with E-state index in [0.29, 0.717) is 17.7 Å². The van der Waals surface area contributed by atoms with E-state index in [1.165, 1.54) is 70.6 Å². The van der Waals surface area contributed by atoms with Crippen LogP contribution in [0.1, 0.15) is 77.6 Å². The third kappa shape index (κ3) is 3.00. The Morgan fingerprint density at radius 1 is 1.11 bits per heavy atom. The summed E-state index contributed by atoms with van der Waals surface area (Å²) < 4.78 is 6.47. The number of hydrogen-bond acceptors (Lipinski definition) is 2. The van der Waals surface area contributed by atoms with Gasteiger partial charge in [-0.3, -0.25) is 0 Å². The maximum Gasteiger partial charge on any atom is 0.0687 e. The second-order valence-electron chi connectivity index (χ2n) is 7.42. The zero-order valence-electron chi connectivity index (χ0n) is 12.6. The van der Waals surface area contributed by atoms with Crippen LogP contribution >= 0.6 is 0 Å². The van der Waals surface area contributed by atoms with Crippen molar-refractivity contribution in [2.75, 3.05) is 0 Å². The van der Waals surface area contributed by atoms with E-state index in [0.717, 1.165) is 11.8 Å². The van der Waals surface area contributed by atoms with Crippen LogP contribution < -0.4 is 5.73 Å². The van der Waals surface area contributed by atoms with Gasteiger partial charge in [0, 0.05) is 6.04 Å². The van der Waals surface area contributed by atoms with Crippen LogP contribution in [0.5, 0.6) is 0 Å². The van der Waals surface area contributed by atoms with E-state index in [4.69, 9.17) is 10.5 Å². The molecule has 3 rings (SSSR count). The largest absolute Gasteiger partial charge is 0.372 e. The molecule has 4 unspecified atom stereocenters. The summed E-state index contributed by atoms with van der Waals surface area (Å²) in [5.41, 5.74) is 6.66. The summed E-state index contributed by atoms with van der Waals surface area (Å²) in [4.78, 5) is 0. The van der Waals surface area contributed by atoms with Gasteiger partial charge in [0.1, 0.15) is 0 Å². The van der Waals surface area contributed by atoms with Gasteiger partial charge in [-0.15, -0.1) is 0 Å². The number of ether oxygens (including phenoxy) is 1. The molecule has 0 aromatic carbocycles. The lowest BCUT2D eigenvalue weighted by Crippen LogP contribution is -2.38. The van der Waals surface area contributed by atoms with Crippen molar-refractivity contribution < 1.29 is 4.74 Å². The Balaban J connectivity index is 1.53. The molecule has 0 amide bonds. The number of nitrogens with two attached hydrogens (primary N) is 1. The molecule has 1 aliphatic heterocycles. The van der Waals surface area contributed by atoms with Crippen LogP contribution in [0.25, 0.3) is 0 Å². The molecular weight excluding hydrogens is 234 g/mol.